The number of rotatable bonds is 10. The van der Waals surface area contributed by atoms with Crippen molar-refractivity contribution in [1.82, 2.24) is 10.3 Å². The summed E-state index contributed by atoms with van der Waals surface area (Å²) in [5.74, 6) is 0. The Morgan fingerprint density at radius 2 is 1.52 bits per heavy atom. The molecule has 3 heteroatoms. The highest BCUT2D eigenvalue weighted by atomic mass is 14.9. The predicted octanol–water partition coefficient (Wildman–Crippen LogP) is 6.78. The maximum Gasteiger partial charge on any atom is 0.0730 e. The number of hydrogen-bond acceptors (Lipinski definition) is 3. The maximum absolute atomic E-state index is 4.96. The first-order valence-corrected chi connectivity index (χ1v) is 11.7. The van der Waals surface area contributed by atoms with Crippen LogP contribution in [0.15, 0.2) is 72.8 Å². The molecule has 1 saturated carbocycles. The highest BCUT2D eigenvalue weighted by Crippen LogP contribution is 2.30. The number of unbranched alkanes of at least 4 members (excludes halogenated alkanes) is 3. The lowest BCUT2D eigenvalue weighted by molar-refractivity contribution is 0.591. The fourth-order valence-corrected chi connectivity index (χ4v) is 4.24. The Morgan fingerprint density at radius 1 is 0.742 bits per heavy atom. The normalized spacial score (nSPS) is 13.7. The minimum atomic E-state index is 0.832. The molecule has 0 radical (unpaired) electrons. The minimum Gasteiger partial charge on any atom is -0.384 e. The second-order valence-corrected chi connectivity index (χ2v) is 8.70. The van der Waals surface area contributed by atoms with E-state index >= 15 is 0 Å². The summed E-state index contributed by atoms with van der Waals surface area (Å²) < 4.78 is 0. The van der Waals surface area contributed by atoms with Crippen molar-refractivity contribution >= 4 is 27.4 Å². The molecule has 0 bridgehead atoms. The SMILES string of the molecule is c1ccc2cc(-c3cc(NCCCCCCNC4CC4)c4ccccc4n3)ccc2c1. The summed E-state index contributed by atoms with van der Waals surface area (Å²) in [6.07, 6.45) is 7.84. The Kier molecular flexibility index (Phi) is 6.13. The van der Waals surface area contributed by atoms with E-state index in [4.69, 9.17) is 4.98 Å². The van der Waals surface area contributed by atoms with Gasteiger partial charge in [0.05, 0.1) is 11.2 Å². The lowest BCUT2D eigenvalue weighted by Crippen LogP contribution is -2.17. The van der Waals surface area contributed by atoms with Gasteiger partial charge in [0.25, 0.3) is 0 Å². The molecule has 1 fully saturated rings. The fourth-order valence-electron chi connectivity index (χ4n) is 4.24. The van der Waals surface area contributed by atoms with Gasteiger partial charge in [0.15, 0.2) is 0 Å². The van der Waals surface area contributed by atoms with Crippen molar-refractivity contribution in [2.75, 3.05) is 18.4 Å². The lowest BCUT2D eigenvalue weighted by atomic mass is 10.0. The van der Waals surface area contributed by atoms with Gasteiger partial charge in [-0.15, -0.1) is 0 Å². The van der Waals surface area contributed by atoms with Crippen molar-refractivity contribution in [3.8, 4) is 11.3 Å². The topological polar surface area (TPSA) is 37.0 Å². The molecule has 1 aliphatic rings. The lowest BCUT2D eigenvalue weighted by Gasteiger charge is -2.13. The molecule has 0 spiro atoms. The molecule has 158 valence electrons. The third-order valence-corrected chi connectivity index (χ3v) is 6.19. The first kappa shape index (κ1) is 20.0. The second-order valence-electron chi connectivity index (χ2n) is 8.70. The number of nitrogens with one attached hydrogen (secondary N) is 2. The van der Waals surface area contributed by atoms with Crippen LogP contribution >= 0.6 is 0 Å². The Hall–Kier alpha value is -2.91. The van der Waals surface area contributed by atoms with E-state index in [0.717, 1.165) is 29.4 Å². The van der Waals surface area contributed by atoms with Gasteiger partial charge >= 0.3 is 0 Å². The molecule has 1 heterocycles. The molecule has 2 N–H and O–H groups in total. The molecule has 1 aliphatic carbocycles. The second kappa shape index (κ2) is 9.49. The number of anilines is 1. The standard InChI is InChI=1S/C28H31N3/c1(7-17-29-24-15-16-24)2-8-18-30-28-20-27(31-26-12-6-5-11-25(26)28)23-14-13-21-9-3-4-10-22(21)19-23/h3-6,9-14,19-20,24,29H,1-2,7-8,15-18H2,(H,30,31). The van der Waals surface area contributed by atoms with Gasteiger partial charge < -0.3 is 10.6 Å². The average molecular weight is 410 g/mol. The van der Waals surface area contributed by atoms with Gasteiger partial charge in [-0.1, -0.05) is 67.4 Å². The monoisotopic (exact) mass is 409 g/mol. The van der Waals surface area contributed by atoms with Crippen LogP contribution in [0.25, 0.3) is 32.9 Å². The van der Waals surface area contributed by atoms with E-state index in [1.54, 1.807) is 0 Å². The summed E-state index contributed by atoms with van der Waals surface area (Å²) in [5, 5.41) is 11.0. The molecule has 0 atom stereocenters. The highest BCUT2D eigenvalue weighted by molar-refractivity contribution is 5.95. The smallest absolute Gasteiger partial charge is 0.0730 e. The van der Waals surface area contributed by atoms with Crippen LogP contribution in [0.2, 0.25) is 0 Å². The van der Waals surface area contributed by atoms with E-state index in [1.807, 2.05) is 0 Å². The van der Waals surface area contributed by atoms with Gasteiger partial charge in [0.1, 0.15) is 0 Å². The molecule has 0 amide bonds. The van der Waals surface area contributed by atoms with Crippen LogP contribution in [0.3, 0.4) is 0 Å². The van der Waals surface area contributed by atoms with Gasteiger partial charge in [0, 0.05) is 29.2 Å². The average Bonchev–Trinajstić information content (AvgIpc) is 3.64. The van der Waals surface area contributed by atoms with E-state index in [1.165, 1.54) is 66.9 Å². The van der Waals surface area contributed by atoms with Gasteiger partial charge in [-0.3, -0.25) is 0 Å². The molecule has 1 aromatic heterocycles. The molecule has 3 nitrogen and oxygen atoms in total. The zero-order chi connectivity index (χ0) is 20.9. The summed E-state index contributed by atoms with van der Waals surface area (Å²) in [7, 11) is 0. The number of fused-ring (bicyclic) bond motifs is 2. The van der Waals surface area contributed by atoms with E-state index < -0.39 is 0 Å². The van der Waals surface area contributed by atoms with Crippen molar-refractivity contribution in [2.24, 2.45) is 0 Å². The fraction of sp³-hybridized carbons (Fsp3) is 0.321. The van der Waals surface area contributed by atoms with Crippen LogP contribution in [-0.2, 0) is 0 Å². The largest absolute Gasteiger partial charge is 0.384 e. The van der Waals surface area contributed by atoms with Crippen molar-refractivity contribution < 1.29 is 0 Å². The molecule has 0 unspecified atom stereocenters. The number of benzene rings is 3. The molecular weight excluding hydrogens is 378 g/mol. The van der Waals surface area contributed by atoms with Crippen molar-refractivity contribution in [1.29, 1.82) is 0 Å². The van der Waals surface area contributed by atoms with Gasteiger partial charge in [-0.25, -0.2) is 4.98 Å². The summed E-state index contributed by atoms with van der Waals surface area (Å²) >= 11 is 0. The number of para-hydroxylation sites is 1. The summed E-state index contributed by atoms with van der Waals surface area (Å²) in [4.78, 5) is 4.96. The van der Waals surface area contributed by atoms with E-state index in [2.05, 4.69) is 83.4 Å². The summed E-state index contributed by atoms with van der Waals surface area (Å²) in [6.45, 7) is 2.18. The number of pyridine rings is 1. The zero-order valence-corrected chi connectivity index (χ0v) is 18.1. The predicted molar refractivity (Wildman–Crippen MR) is 133 cm³/mol. The van der Waals surface area contributed by atoms with E-state index in [-0.39, 0.29) is 0 Å². The van der Waals surface area contributed by atoms with E-state index in [9.17, 15) is 0 Å². The molecule has 5 rings (SSSR count). The van der Waals surface area contributed by atoms with Crippen LogP contribution in [-0.4, -0.2) is 24.1 Å². The maximum atomic E-state index is 4.96. The molecule has 0 saturated heterocycles. The Morgan fingerprint density at radius 3 is 2.39 bits per heavy atom. The van der Waals surface area contributed by atoms with Gasteiger partial charge in [0.2, 0.25) is 0 Å². The first-order valence-electron chi connectivity index (χ1n) is 11.7. The third-order valence-electron chi connectivity index (χ3n) is 6.19. The minimum absolute atomic E-state index is 0.832. The van der Waals surface area contributed by atoms with Crippen LogP contribution in [0.5, 0.6) is 0 Å². The van der Waals surface area contributed by atoms with Gasteiger partial charge in [-0.05, 0) is 61.2 Å². The van der Waals surface area contributed by atoms with E-state index in [0.29, 0.717) is 0 Å². The van der Waals surface area contributed by atoms with Crippen molar-refractivity contribution in [3.63, 3.8) is 0 Å². The van der Waals surface area contributed by atoms with Crippen molar-refractivity contribution in [3.05, 3.63) is 72.8 Å². The number of nitrogens with zero attached hydrogens (tertiary/aromatic N) is 1. The molecule has 31 heavy (non-hydrogen) atoms. The zero-order valence-electron chi connectivity index (χ0n) is 18.1. The van der Waals surface area contributed by atoms with Crippen LogP contribution in [0.4, 0.5) is 5.69 Å². The molecule has 3 aromatic carbocycles. The molecule has 4 aromatic rings. The number of hydrogen-bond donors (Lipinski definition) is 2. The van der Waals surface area contributed by atoms with Crippen molar-refractivity contribution in [2.45, 2.75) is 44.6 Å². The summed E-state index contributed by atoms with van der Waals surface area (Å²) in [5.41, 5.74) is 4.42. The number of aromatic nitrogens is 1. The Bertz CT molecular complexity index is 1160. The molecule has 0 aliphatic heterocycles. The van der Waals surface area contributed by atoms with Crippen LogP contribution < -0.4 is 10.6 Å². The van der Waals surface area contributed by atoms with Crippen LogP contribution in [0.1, 0.15) is 38.5 Å². The Labute approximate surface area is 184 Å². The first-order chi connectivity index (χ1) is 15.4. The van der Waals surface area contributed by atoms with Crippen LogP contribution in [0, 0.1) is 0 Å². The Balaban J connectivity index is 1.27. The third kappa shape index (κ3) is 5.05. The molecular formula is C28H31N3. The highest BCUT2D eigenvalue weighted by Gasteiger charge is 2.19. The quantitative estimate of drug-likeness (QED) is 0.283. The van der Waals surface area contributed by atoms with Gasteiger partial charge in [-0.2, -0.15) is 0 Å². The summed E-state index contributed by atoms with van der Waals surface area (Å²) in [6, 6.07) is 26.6.